The second kappa shape index (κ2) is 5.85. The highest BCUT2D eigenvalue weighted by molar-refractivity contribution is 7.20. The molecule has 2 aromatic rings. The summed E-state index contributed by atoms with van der Waals surface area (Å²) >= 11 is 13.2. The first-order valence-corrected chi connectivity index (χ1v) is 7.05. The highest BCUT2D eigenvalue weighted by Crippen LogP contribution is 2.37. The number of hydrogen-bond donors (Lipinski definition) is 1. The van der Waals surface area contributed by atoms with Crippen LogP contribution >= 0.6 is 34.5 Å². The Morgan fingerprint density at radius 1 is 1.58 bits per heavy atom. The van der Waals surface area contributed by atoms with Gasteiger partial charge in [0, 0.05) is 0 Å². The summed E-state index contributed by atoms with van der Waals surface area (Å²) in [4.78, 5) is 10.9. The molecule has 0 aliphatic carbocycles. The fourth-order valence-corrected chi connectivity index (χ4v) is 3.17. The fourth-order valence-electron chi connectivity index (χ4n) is 1.71. The molecule has 0 aromatic carbocycles. The number of hydrogen-bond acceptors (Lipinski definition) is 5. The van der Waals surface area contributed by atoms with Crippen molar-refractivity contribution in [1.29, 1.82) is 0 Å². The van der Waals surface area contributed by atoms with E-state index in [4.69, 9.17) is 28.3 Å². The second-order valence-electron chi connectivity index (χ2n) is 3.84. The third-order valence-electron chi connectivity index (χ3n) is 2.62. The molecule has 9 heteroatoms. The predicted octanol–water partition coefficient (Wildman–Crippen LogP) is 3.13. The van der Waals surface area contributed by atoms with E-state index in [-0.39, 0.29) is 12.5 Å². The largest absolute Gasteiger partial charge is 0.481 e. The van der Waals surface area contributed by atoms with Crippen LogP contribution in [0.2, 0.25) is 8.67 Å². The van der Waals surface area contributed by atoms with Gasteiger partial charge in [-0.15, -0.1) is 16.4 Å². The maximum atomic E-state index is 10.9. The Hall–Kier alpha value is -1.18. The fraction of sp³-hybridized carbons (Fsp3) is 0.400. The Bertz CT molecular complexity index is 598. The number of carboxylic acids is 1. The molecule has 2 rings (SSSR count). The quantitative estimate of drug-likeness (QED) is 0.915. The number of carbonyl (C=O) groups is 1. The van der Waals surface area contributed by atoms with Crippen molar-refractivity contribution < 1.29 is 9.90 Å². The maximum absolute atomic E-state index is 10.9. The van der Waals surface area contributed by atoms with Crippen molar-refractivity contribution in [3.63, 3.8) is 0 Å². The summed E-state index contributed by atoms with van der Waals surface area (Å²) < 4.78 is 2.49. The zero-order chi connectivity index (χ0) is 14.0. The molecule has 6 nitrogen and oxygen atoms in total. The van der Waals surface area contributed by atoms with Crippen molar-refractivity contribution in [1.82, 2.24) is 20.2 Å². The van der Waals surface area contributed by atoms with Gasteiger partial charge in [0.2, 0.25) is 0 Å². The average Bonchev–Trinajstić information content (AvgIpc) is 2.92. The summed E-state index contributed by atoms with van der Waals surface area (Å²) in [6.07, 6.45) is 0.545. The molecule has 19 heavy (non-hydrogen) atoms. The number of nitrogens with zero attached hydrogens (tertiary/aromatic N) is 4. The molecule has 0 fully saturated rings. The Morgan fingerprint density at radius 2 is 2.32 bits per heavy atom. The Balaban J connectivity index is 2.41. The number of thiophene rings is 1. The molecule has 1 atom stereocenters. The van der Waals surface area contributed by atoms with E-state index in [2.05, 4.69) is 15.5 Å². The zero-order valence-corrected chi connectivity index (χ0v) is 12.2. The third kappa shape index (κ3) is 3.05. The van der Waals surface area contributed by atoms with Crippen LogP contribution < -0.4 is 0 Å². The number of aliphatic carboxylic acids is 1. The molecule has 0 spiro atoms. The predicted molar refractivity (Wildman–Crippen MR) is 72.7 cm³/mol. The molecule has 0 saturated carbocycles. The van der Waals surface area contributed by atoms with E-state index in [0.717, 1.165) is 0 Å². The van der Waals surface area contributed by atoms with Crippen molar-refractivity contribution in [2.45, 2.75) is 25.8 Å². The van der Waals surface area contributed by atoms with E-state index in [9.17, 15) is 4.79 Å². The van der Waals surface area contributed by atoms with Crippen LogP contribution in [0.1, 0.15) is 25.8 Å². The lowest BCUT2D eigenvalue weighted by Crippen LogP contribution is -2.15. The summed E-state index contributed by atoms with van der Waals surface area (Å²) in [7, 11) is 0. The van der Waals surface area contributed by atoms with Crippen molar-refractivity contribution in [3.8, 4) is 11.4 Å². The molecule has 2 heterocycles. The topological polar surface area (TPSA) is 80.9 Å². The minimum absolute atomic E-state index is 0.0516. The van der Waals surface area contributed by atoms with Gasteiger partial charge in [0.15, 0.2) is 5.82 Å². The number of aromatic nitrogens is 4. The minimum atomic E-state index is -0.900. The van der Waals surface area contributed by atoms with Gasteiger partial charge in [-0.3, -0.25) is 4.79 Å². The van der Waals surface area contributed by atoms with Crippen LogP contribution in [-0.2, 0) is 4.79 Å². The first kappa shape index (κ1) is 14.2. The van der Waals surface area contributed by atoms with Crippen molar-refractivity contribution in [3.05, 3.63) is 14.7 Å². The van der Waals surface area contributed by atoms with Gasteiger partial charge in [0.25, 0.3) is 0 Å². The lowest BCUT2D eigenvalue weighted by molar-refractivity contribution is -0.138. The Kier molecular flexibility index (Phi) is 4.38. The summed E-state index contributed by atoms with van der Waals surface area (Å²) in [5, 5.41) is 20.3. The molecule has 0 amide bonds. The van der Waals surface area contributed by atoms with E-state index in [1.54, 1.807) is 6.07 Å². The van der Waals surface area contributed by atoms with Crippen LogP contribution in [0.3, 0.4) is 0 Å². The third-order valence-corrected chi connectivity index (χ3v) is 4.11. The van der Waals surface area contributed by atoms with Gasteiger partial charge < -0.3 is 5.11 Å². The molecule has 102 valence electrons. The standard InChI is InChI=1S/C10H10Cl2N4O2S/c1-2-5(3-8(17)18)16-10(13-14-15-16)6-4-7(11)19-9(6)12/h4-5H,2-3H2,1H3,(H,17,18). The van der Waals surface area contributed by atoms with Gasteiger partial charge in [0.1, 0.15) is 4.34 Å². The SMILES string of the molecule is CCC(CC(=O)O)n1nnnc1-c1cc(Cl)sc1Cl. The lowest BCUT2D eigenvalue weighted by atomic mass is 10.1. The van der Waals surface area contributed by atoms with Crippen LogP contribution in [0.4, 0.5) is 0 Å². The van der Waals surface area contributed by atoms with Gasteiger partial charge in [-0.2, -0.15) is 0 Å². The van der Waals surface area contributed by atoms with Crippen LogP contribution in [0.25, 0.3) is 11.4 Å². The average molecular weight is 321 g/mol. The van der Waals surface area contributed by atoms with E-state index >= 15 is 0 Å². The molecular weight excluding hydrogens is 311 g/mol. The molecule has 0 aliphatic heterocycles. The van der Waals surface area contributed by atoms with Gasteiger partial charge in [-0.25, -0.2) is 4.68 Å². The molecular formula is C10H10Cl2N4O2S. The highest BCUT2D eigenvalue weighted by atomic mass is 35.5. The maximum Gasteiger partial charge on any atom is 0.305 e. The Labute approximate surface area is 122 Å². The smallest absolute Gasteiger partial charge is 0.305 e. The molecule has 1 unspecified atom stereocenters. The van der Waals surface area contributed by atoms with Crippen molar-refractivity contribution in [2.24, 2.45) is 0 Å². The summed E-state index contributed by atoms with van der Waals surface area (Å²) in [6, 6.07) is 1.35. The van der Waals surface area contributed by atoms with Crippen LogP contribution in [-0.4, -0.2) is 31.3 Å². The molecule has 0 aliphatic rings. The van der Waals surface area contributed by atoms with Crippen LogP contribution in [0.5, 0.6) is 0 Å². The highest BCUT2D eigenvalue weighted by Gasteiger charge is 2.22. The van der Waals surface area contributed by atoms with E-state index in [1.807, 2.05) is 6.92 Å². The summed E-state index contributed by atoms with van der Waals surface area (Å²) in [6.45, 7) is 1.88. The molecule has 1 N–H and O–H groups in total. The number of rotatable bonds is 5. The molecule has 0 radical (unpaired) electrons. The number of carboxylic acid groups (broad SMARTS) is 1. The van der Waals surface area contributed by atoms with Crippen molar-refractivity contribution in [2.75, 3.05) is 0 Å². The van der Waals surface area contributed by atoms with Gasteiger partial charge >= 0.3 is 5.97 Å². The molecule has 0 saturated heterocycles. The number of tetrazole rings is 1. The second-order valence-corrected chi connectivity index (χ2v) is 6.13. The molecule has 0 bridgehead atoms. The molecule has 2 aromatic heterocycles. The normalized spacial score (nSPS) is 12.6. The van der Waals surface area contributed by atoms with E-state index in [1.165, 1.54) is 16.0 Å². The Morgan fingerprint density at radius 3 is 2.84 bits per heavy atom. The van der Waals surface area contributed by atoms with E-state index < -0.39 is 5.97 Å². The van der Waals surface area contributed by atoms with Gasteiger partial charge in [-0.1, -0.05) is 30.1 Å². The van der Waals surface area contributed by atoms with Crippen LogP contribution in [0, 0.1) is 0 Å². The van der Waals surface area contributed by atoms with E-state index in [0.29, 0.717) is 26.5 Å². The summed E-state index contributed by atoms with van der Waals surface area (Å²) in [5.74, 6) is -0.469. The van der Waals surface area contributed by atoms with Gasteiger partial charge in [-0.05, 0) is 22.9 Å². The number of halogens is 2. The summed E-state index contributed by atoms with van der Waals surface area (Å²) in [5.41, 5.74) is 0.616. The van der Waals surface area contributed by atoms with Gasteiger partial charge in [0.05, 0.1) is 22.4 Å². The monoisotopic (exact) mass is 320 g/mol. The van der Waals surface area contributed by atoms with Crippen LogP contribution in [0.15, 0.2) is 6.07 Å². The first-order chi connectivity index (χ1) is 9.02. The minimum Gasteiger partial charge on any atom is -0.481 e. The van der Waals surface area contributed by atoms with Crippen molar-refractivity contribution >= 4 is 40.5 Å². The zero-order valence-electron chi connectivity index (χ0n) is 9.88. The first-order valence-electron chi connectivity index (χ1n) is 5.47. The lowest BCUT2D eigenvalue weighted by Gasteiger charge is -2.13.